The SMILES string of the molecule is Cc1c(N)cccc1NC(=O)CN1CC(C)OC(C)C1. The molecule has 1 fully saturated rings. The summed E-state index contributed by atoms with van der Waals surface area (Å²) < 4.78 is 5.66. The molecule has 1 saturated heterocycles. The predicted octanol–water partition coefficient (Wildman–Crippen LogP) is 1.62. The average molecular weight is 277 g/mol. The Bertz CT molecular complexity index is 480. The lowest BCUT2D eigenvalue weighted by molar-refractivity contribution is -0.121. The zero-order valence-corrected chi connectivity index (χ0v) is 12.3. The molecule has 1 aliphatic heterocycles. The van der Waals surface area contributed by atoms with Crippen molar-refractivity contribution < 1.29 is 9.53 Å². The number of ether oxygens (including phenoxy) is 1. The van der Waals surface area contributed by atoms with Crippen LogP contribution in [0.25, 0.3) is 0 Å². The molecule has 1 aliphatic rings. The molecular formula is C15H23N3O2. The molecule has 5 heteroatoms. The fourth-order valence-electron chi connectivity index (χ4n) is 2.60. The van der Waals surface area contributed by atoms with Crippen LogP contribution in [-0.4, -0.2) is 42.6 Å². The van der Waals surface area contributed by atoms with E-state index >= 15 is 0 Å². The van der Waals surface area contributed by atoms with Crippen LogP contribution < -0.4 is 11.1 Å². The largest absolute Gasteiger partial charge is 0.398 e. The van der Waals surface area contributed by atoms with E-state index in [-0.39, 0.29) is 18.1 Å². The molecule has 0 spiro atoms. The lowest BCUT2D eigenvalue weighted by Gasteiger charge is -2.34. The highest BCUT2D eigenvalue weighted by molar-refractivity contribution is 5.93. The number of amides is 1. The molecule has 110 valence electrons. The van der Waals surface area contributed by atoms with Crippen molar-refractivity contribution in [3.05, 3.63) is 23.8 Å². The van der Waals surface area contributed by atoms with Crippen molar-refractivity contribution in [2.45, 2.75) is 33.0 Å². The van der Waals surface area contributed by atoms with Crippen molar-refractivity contribution in [1.29, 1.82) is 0 Å². The third-order valence-corrected chi connectivity index (χ3v) is 3.51. The number of nitrogens with two attached hydrogens (primary N) is 1. The molecule has 1 aromatic carbocycles. The summed E-state index contributed by atoms with van der Waals surface area (Å²) in [6.45, 7) is 7.92. The van der Waals surface area contributed by atoms with Gasteiger partial charge in [0.05, 0.1) is 18.8 Å². The van der Waals surface area contributed by atoms with Gasteiger partial charge in [-0.25, -0.2) is 0 Å². The monoisotopic (exact) mass is 277 g/mol. The van der Waals surface area contributed by atoms with Crippen LogP contribution in [0.1, 0.15) is 19.4 Å². The van der Waals surface area contributed by atoms with Gasteiger partial charge in [-0.3, -0.25) is 9.69 Å². The summed E-state index contributed by atoms with van der Waals surface area (Å²) >= 11 is 0. The van der Waals surface area contributed by atoms with Gasteiger partial charge in [0.2, 0.25) is 5.91 Å². The minimum Gasteiger partial charge on any atom is -0.398 e. The van der Waals surface area contributed by atoms with Crippen molar-refractivity contribution in [2.24, 2.45) is 0 Å². The van der Waals surface area contributed by atoms with Gasteiger partial charge in [0.15, 0.2) is 0 Å². The molecule has 1 aromatic rings. The summed E-state index contributed by atoms with van der Waals surface area (Å²) in [4.78, 5) is 14.2. The molecule has 0 aliphatic carbocycles. The molecule has 2 atom stereocenters. The number of carbonyl (C=O) groups is 1. The third kappa shape index (κ3) is 3.71. The van der Waals surface area contributed by atoms with Crippen molar-refractivity contribution in [3.63, 3.8) is 0 Å². The number of rotatable bonds is 3. The lowest BCUT2D eigenvalue weighted by atomic mass is 10.1. The van der Waals surface area contributed by atoms with E-state index in [0.29, 0.717) is 12.2 Å². The summed E-state index contributed by atoms with van der Waals surface area (Å²) in [5.74, 6) is -0.0139. The predicted molar refractivity (Wildman–Crippen MR) is 80.7 cm³/mol. The van der Waals surface area contributed by atoms with E-state index in [4.69, 9.17) is 10.5 Å². The molecule has 0 radical (unpaired) electrons. The van der Waals surface area contributed by atoms with Gasteiger partial charge in [-0.15, -0.1) is 0 Å². The molecule has 2 unspecified atom stereocenters. The minimum atomic E-state index is -0.0139. The van der Waals surface area contributed by atoms with Crippen LogP contribution >= 0.6 is 0 Å². The maximum Gasteiger partial charge on any atom is 0.238 e. The summed E-state index contributed by atoms with van der Waals surface area (Å²) in [5, 5.41) is 2.93. The Morgan fingerprint density at radius 1 is 1.40 bits per heavy atom. The second kappa shape index (κ2) is 6.24. The summed E-state index contributed by atoms with van der Waals surface area (Å²) in [5.41, 5.74) is 8.22. The molecule has 20 heavy (non-hydrogen) atoms. The van der Waals surface area contributed by atoms with E-state index in [1.54, 1.807) is 0 Å². The van der Waals surface area contributed by atoms with Crippen molar-refractivity contribution >= 4 is 17.3 Å². The summed E-state index contributed by atoms with van der Waals surface area (Å²) in [7, 11) is 0. The van der Waals surface area contributed by atoms with Crippen molar-refractivity contribution in [2.75, 3.05) is 30.7 Å². The van der Waals surface area contributed by atoms with E-state index in [0.717, 1.165) is 24.3 Å². The number of morpholine rings is 1. The first kappa shape index (κ1) is 14.8. The Kier molecular flexibility index (Phi) is 4.62. The van der Waals surface area contributed by atoms with Gasteiger partial charge in [-0.2, -0.15) is 0 Å². The van der Waals surface area contributed by atoms with E-state index in [2.05, 4.69) is 10.2 Å². The van der Waals surface area contributed by atoms with Crippen LogP contribution in [0.4, 0.5) is 11.4 Å². The lowest BCUT2D eigenvalue weighted by Crippen LogP contribution is -2.48. The van der Waals surface area contributed by atoms with Gasteiger partial charge in [0, 0.05) is 24.5 Å². The molecule has 0 bridgehead atoms. The molecule has 5 nitrogen and oxygen atoms in total. The Hall–Kier alpha value is -1.59. The van der Waals surface area contributed by atoms with Gasteiger partial charge in [-0.1, -0.05) is 6.07 Å². The van der Waals surface area contributed by atoms with Crippen LogP contribution in [0, 0.1) is 6.92 Å². The van der Waals surface area contributed by atoms with E-state index < -0.39 is 0 Å². The molecular weight excluding hydrogens is 254 g/mol. The first-order chi connectivity index (χ1) is 9.45. The van der Waals surface area contributed by atoms with Crippen LogP contribution in [0.5, 0.6) is 0 Å². The zero-order valence-electron chi connectivity index (χ0n) is 12.3. The molecule has 0 saturated carbocycles. The van der Waals surface area contributed by atoms with E-state index in [9.17, 15) is 4.79 Å². The Balaban J connectivity index is 1.94. The Morgan fingerprint density at radius 3 is 2.70 bits per heavy atom. The third-order valence-electron chi connectivity index (χ3n) is 3.51. The standard InChI is InChI=1S/C15H23N3O2/c1-10-7-18(8-11(2)20-10)9-15(19)17-14-6-4-5-13(16)12(14)3/h4-6,10-11H,7-9,16H2,1-3H3,(H,17,19). The number of nitrogens with one attached hydrogen (secondary N) is 1. The first-order valence-electron chi connectivity index (χ1n) is 6.98. The van der Waals surface area contributed by atoms with Crippen LogP contribution in [0.15, 0.2) is 18.2 Å². The van der Waals surface area contributed by atoms with Gasteiger partial charge < -0.3 is 15.8 Å². The fourth-order valence-corrected chi connectivity index (χ4v) is 2.60. The summed E-state index contributed by atoms with van der Waals surface area (Å²) in [6, 6.07) is 5.54. The topological polar surface area (TPSA) is 67.6 Å². The quantitative estimate of drug-likeness (QED) is 0.824. The van der Waals surface area contributed by atoms with E-state index in [1.807, 2.05) is 39.0 Å². The fraction of sp³-hybridized carbons (Fsp3) is 0.533. The number of hydrogen-bond acceptors (Lipinski definition) is 4. The van der Waals surface area contributed by atoms with Gasteiger partial charge >= 0.3 is 0 Å². The molecule has 2 rings (SSSR count). The normalized spacial score (nSPS) is 23.6. The number of anilines is 2. The molecule has 1 amide bonds. The van der Waals surface area contributed by atoms with Crippen LogP contribution in [0.3, 0.4) is 0 Å². The highest BCUT2D eigenvalue weighted by atomic mass is 16.5. The first-order valence-corrected chi connectivity index (χ1v) is 6.98. The number of benzene rings is 1. The Labute approximate surface area is 120 Å². The van der Waals surface area contributed by atoms with Crippen LogP contribution in [0.2, 0.25) is 0 Å². The molecule has 0 aromatic heterocycles. The highest BCUT2D eigenvalue weighted by Gasteiger charge is 2.23. The maximum atomic E-state index is 12.1. The Morgan fingerprint density at radius 2 is 2.05 bits per heavy atom. The van der Waals surface area contributed by atoms with Crippen molar-refractivity contribution in [1.82, 2.24) is 4.90 Å². The molecule has 3 N–H and O–H groups in total. The van der Waals surface area contributed by atoms with Crippen molar-refractivity contribution in [3.8, 4) is 0 Å². The smallest absolute Gasteiger partial charge is 0.238 e. The number of hydrogen-bond donors (Lipinski definition) is 2. The average Bonchev–Trinajstić information content (AvgIpc) is 2.33. The second-order valence-electron chi connectivity index (χ2n) is 5.52. The maximum absolute atomic E-state index is 12.1. The molecule has 1 heterocycles. The minimum absolute atomic E-state index is 0.0139. The second-order valence-corrected chi connectivity index (χ2v) is 5.52. The van der Waals surface area contributed by atoms with Gasteiger partial charge in [0.25, 0.3) is 0 Å². The van der Waals surface area contributed by atoms with Gasteiger partial charge in [0.1, 0.15) is 0 Å². The highest BCUT2D eigenvalue weighted by Crippen LogP contribution is 2.20. The number of nitrogen functional groups attached to an aromatic ring is 1. The van der Waals surface area contributed by atoms with Crippen LogP contribution in [-0.2, 0) is 9.53 Å². The summed E-state index contributed by atoms with van der Waals surface area (Å²) in [6.07, 6.45) is 0.335. The van der Waals surface area contributed by atoms with E-state index in [1.165, 1.54) is 0 Å². The number of nitrogens with zero attached hydrogens (tertiary/aromatic N) is 1. The number of carbonyl (C=O) groups excluding carboxylic acids is 1. The van der Waals surface area contributed by atoms with Gasteiger partial charge in [-0.05, 0) is 38.5 Å². The zero-order chi connectivity index (χ0) is 14.7.